The number of aliphatic hydroxyl groups excluding tert-OH is 1. The van der Waals surface area contributed by atoms with Crippen LogP contribution in [0.4, 0.5) is 0 Å². The first kappa shape index (κ1) is 11.5. The van der Waals surface area contributed by atoms with Gasteiger partial charge in [-0.3, -0.25) is 4.79 Å². The van der Waals surface area contributed by atoms with Crippen LogP contribution in [-0.2, 0) is 4.79 Å². The van der Waals surface area contributed by atoms with E-state index < -0.39 is 6.10 Å². The molecule has 0 radical (unpaired) electrons. The van der Waals surface area contributed by atoms with Crippen molar-refractivity contribution in [2.45, 2.75) is 18.9 Å². The van der Waals surface area contributed by atoms with E-state index in [9.17, 15) is 9.90 Å². The van der Waals surface area contributed by atoms with Crippen LogP contribution in [0.5, 0.6) is 0 Å². The second-order valence-corrected chi connectivity index (χ2v) is 4.32. The molecule has 0 bridgehead atoms. The summed E-state index contributed by atoms with van der Waals surface area (Å²) >= 11 is 2.20. The molecule has 0 aliphatic heterocycles. The topological polar surface area (TPSA) is 63.3 Å². The lowest BCUT2D eigenvalue weighted by Gasteiger charge is -2.09. The third kappa shape index (κ3) is 3.63. The van der Waals surface area contributed by atoms with Crippen LogP contribution in [0.25, 0.3) is 0 Å². The molecule has 0 aromatic heterocycles. The summed E-state index contributed by atoms with van der Waals surface area (Å²) in [5.74, 6) is -0.380. The Morgan fingerprint density at radius 2 is 2.00 bits per heavy atom. The van der Waals surface area contributed by atoms with Gasteiger partial charge in [-0.25, -0.2) is 0 Å². The van der Waals surface area contributed by atoms with Crippen molar-refractivity contribution < 1.29 is 9.90 Å². The number of carbonyl (C=O) groups is 1. The number of halogens is 1. The maximum absolute atomic E-state index is 10.5. The molecule has 1 aromatic rings. The van der Waals surface area contributed by atoms with Crippen LogP contribution in [0.15, 0.2) is 24.3 Å². The monoisotopic (exact) mass is 305 g/mol. The van der Waals surface area contributed by atoms with E-state index in [0.29, 0.717) is 6.42 Å². The van der Waals surface area contributed by atoms with E-state index in [1.807, 2.05) is 24.3 Å². The molecule has 76 valence electrons. The Labute approximate surface area is 96.4 Å². The minimum Gasteiger partial charge on any atom is -0.388 e. The second-order valence-electron chi connectivity index (χ2n) is 3.07. The minimum absolute atomic E-state index is 0.215. The van der Waals surface area contributed by atoms with Gasteiger partial charge in [-0.2, -0.15) is 0 Å². The molecule has 3 N–H and O–H groups in total. The molecule has 1 atom stereocenters. The Morgan fingerprint density at radius 3 is 2.50 bits per heavy atom. The molecule has 0 saturated carbocycles. The first-order valence-electron chi connectivity index (χ1n) is 4.31. The highest BCUT2D eigenvalue weighted by Crippen LogP contribution is 2.18. The summed E-state index contributed by atoms with van der Waals surface area (Å²) in [4.78, 5) is 10.5. The average Bonchev–Trinajstić information content (AvgIpc) is 2.15. The number of aliphatic hydroxyl groups is 1. The van der Waals surface area contributed by atoms with Gasteiger partial charge in [0.25, 0.3) is 0 Å². The zero-order valence-corrected chi connectivity index (χ0v) is 9.77. The molecule has 0 heterocycles. The molecule has 0 saturated heterocycles. The van der Waals surface area contributed by atoms with Crippen molar-refractivity contribution in [3.63, 3.8) is 0 Å². The van der Waals surface area contributed by atoms with E-state index in [1.54, 1.807) is 0 Å². The Bertz CT molecular complexity index is 310. The van der Waals surface area contributed by atoms with Gasteiger partial charge < -0.3 is 10.8 Å². The van der Waals surface area contributed by atoms with Crippen LogP contribution >= 0.6 is 22.6 Å². The quantitative estimate of drug-likeness (QED) is 0.830. The Kier molecular flexibility index (Phi) is 4.34. The number of hydrogen-bond donors (Lipinski definition) is 2. The Hall–Kier alpha value is -0.620. The summed E-state index contributed by atoms with van der Waals surface area (Å²) in [6.07, 6.45) is 0.00259. The SMILES string of the molecule is NC(=O)CCC(O)c1ccc(I)cc1. The van der Waals surface area contributed by atoms with Crippen LogP contribution in [-0.4, -0.2) is 11.0 Å². The number of primary amides is 1. The molecular weight excluding hydrogens is 293 g/mol. The van der Waals surface area contributed by atoms with Gasteiger partial charge in [0.2, 0.25) is 5.91 Å². The van der Waals surface area contributed by atoms with Crippen molar-refractivity contribution in [3.05, 3.63) is 33.4 Å². The predicted molar refractivity (Wildman–Crippen MR) is 62.5 cm³/mol. The zero-order chi connectivity index (χ0) is 10.6. The lowest BCUT2D eigenvalue weighted by Crippen LogP contribution is -2.12. The fourth-order valence-electron chi connectivity index (χ4n) is 1.13. The normalized spacial score (nSPS) is 12.4. The van der Waals surface area contributed by atoms with Crippen LogP contribution in [0.3, 0.4) is 0 Å². The molecule has 4 heteroatoms. The minimum atomic E-state index is -0.598. The predicted octanol–water partition coefficient (Wildman–Crippen LogP) is 1.59. The molecule has 1 aromatic carbocycles. The van der Waals surface area contributed by atoms with Crippen molar-refractivity contribution in [1.29, 1.82) is 0 Å². The second kappa shape index (κ2) is 5.31. The number of rotatable bonds is 4. The molecule has 14 heavy (non-hydrogen) atoms. The van der Waals surface area contributed by atoms with Gasteiger partial charge >= 0.3 is 0 Å². The van der Waals surface area contributed by atoms with Crippen molar-refractivity contribution in [2.75, 3.05) is 0 Å². The lowest BCUT2D eigenvalue weighted by molar-refractivity contribution is -0.118. The molecule has 0 aliphatic rings. The summed E-state index contributed by atoms with van der Waals surface area (Å²) in [6.45, 7) is 0. The number of hydrogen-bond acceptors (Lipinski definition) is 2. The number of carbonyl (C=O) groups excluding carboxylic acids is 1. The van der Waals surface area contributed by atoms with E-state index in [0.717, 1.165) is 9.13 Å². The smallest absolute Gasteiger partial charge is 0.217 e. The zero-order valence-electron chi connectivity index (χ0n) is 7.61. The fraction of sp³-hybridized carbons (Fsp3) is 0.300. The van der Waals surface area contributed by atoms with E-state index in [-0.39, 0.29) is 12.3 Å². The third-order valence-corrected chi connectivity index (χ3v) is 2.64. The maximum atomic E-state index is 10.5. The van der Waals surface area contributed by atoms with Gasteiger partial charge in [-0.05, 0) is 46.7 Å². The average molecular weight is 305 g/mol. The summed E-state index contributed by atoms with van der Waals surface area (Å²) in [5.41, 5.74) is 5.82. The summed E-state index contributed by atoms with van der Waals surface area (Å²) in [5, 5.41) is 9.65. The van der Waals surface area contributed by atoms with E-state index in [2.05, 4.69) is 22.6 Å². The highest BCUT2D eigenvalue weighted by Gasteiger charge is 2.08. The summed E-state index contributed by atoms with van der Waals surface area (Å²) in [7, 11) is 0. The molecule has 1 unspecified atom stereocenters. The highest BCUT2D eigenvalue weighted by atomic mass is 127. The maximum Gasteiger partial charge on any atom is 0.217 e. The number of amides is 1. The Balaban J connectivity index is 2.56. The molecule has 0 aliphatic carbocycles. The van der Waals surface area contributed by atoms with Crippen molar-refractivity contribution in [3.8, 4) is 0 Å². The molecular formula is C10H12INO2. The number of benzene rings is 1. The van der Waals surface area contributed by atoms with Crippen molar-refractivity contribution >= 4 is 28.5 Å². The largest absolute Gasteiger partial charge is 0.388 e. The first-order valence-corrected chi connectivity index (χ1v) is 5.39. The highest BCUT2D eigenvalue weighted by molar-refractivity contribution is 14.1. The first-order chi connectivity index (χ1) is 6.59. The Morgan fingerprint density at radius 1 is 1.43 bits per heavy atom. The lowest BCUT2D eigenvalue weighted by atomic mass is 10.1. The van der Waals surface area contributed by atoms with E-state index in [1.165, 1.54) is 0 Å². The van der Waals surface area contributed by atoms with Crippen LogP contribution in [0, 0.1) is 3.57 Å². The van der Waals surface area contributed by atoms with Crippen LogP contribution < -0.4 is 5.73 Å². The van der Waals surface area contributed by atoms with E-state index in [4.69, 9.17) is 5.73 Å². The fourth-order valence-corrected chi connectivity index (χ4v) is 1.49. The summed E-state index contributed by atoms with van der Waals surface area (Å²) < 4.78 is 1.12. The summed E-state index contributed by atoms with van der Waals surface area (Å²) in [6, 6.07) is 7.55. The molecule has 0 spiro atoms. The van der Waals surface area contributed by atoms with E-state index >= 15 is 0 Å². The molecule has 3 nitrogen and oxygen atoms in total. The molecule has 1 amide bonds. The third-order valence-electron chi connectivity index (χ3n) is 1.92. The van der Waals surface area contributed by atoms with Crippen molar-refractivity contribution in [2.24, 2.45) is 5.73 Å². The molecule has 0 fully saturated rings. The molecule has 1 rings (SSSR count). The van der Waals surface area contributed by atoms with Gasteiger partial charge in [-0.15, -0.1) is 0 Å². The van der Waals surface area contributed by atoms with Crippen LogP contribution in [0.2, 0.25) is 0 Å². The van der Waals surface area contributed by atoms with Gasteiger partial charge in [0.05, 0.1) is 6.10 Å². The van der Waals surface area contributed by atoms with Gasteiger partial charge in [0.1, 0.15) is 0 Å². The number of nitrogens with two attached hydrogens (primary N) is 1. The van der Waals surface area contributed by atoms with Crippen molar-refractivity contribution in [1.82, 2.24) is 0 Å². The van der Waals surface area contributed by atoms with Gasteiger partial charge in [0.15, 0.2) is 0 Å². The van der Waals surface area contributed by atoms with Crippen LogP contribution in [0.1, 0.15) is 24.5 Å². The van der Waals surface area contributed by atoms with Gasteiger partial charge in [0, 0.05) is 9.99 Å². The standard InChI is InChI=1S/C10H12INO2/c11-8-3-1-7(2-4-8)9(13)5-6-10(12)14/h1-4,9,13H,5-6H2,(H2,12,14). The van der Waals surface area contributed by atoms with Gasteiger partial charge in [-0.1, -0.05) is 12.1 Å².